The summed E-state index contributed by atoms with van der Waals surface area (Å²) in [5.74, 6) is 1.41. The first-order valence-electron chi connectivity index (χ1n) is 9.61. The summed E-state index contributed by atoms with van der Waals surface area (Å²) in [4.78, 5) is 9.18. The summed E-state index contributed by atoms with van der Waals surface area (Å²) in [7, 11) is 1.86. The molecule has 0 aromatic heterocycles. The van der Waals surface area contributed by atoms with Crippen LogP contribution in [0.5, 0.6) is 0 Å². The van der Waals surface area contributed by atoms with E-state index < -0.39 is 0 Å². The molecular weight excluding hydrogens is 331 g/mol. The van der Waals surface area contributed by atoms with Gasteiger partial charge in [-0.15, -0.1) is 0 Å². The summed E-state index contributed by atoms with van der Waals surface area (Å²) in [6.07, 6.45) is 1.52. The van der Waals surface area contributed by atoms with E-state index in [0.717, 1.165) is 50.9 Å². The van der Waals surface area contributed by atoms with E-state index in [9.17, 15) is 4.39 Å². The monoisotopic (exact) mass is 360 g/mol. The molecule has 0 spiro atoms. The van der Waals surface area contributed by atoms with Crippen LogP contribution >= 0.6 is 0 Å². The van der Waals surface area contributed by atoms with Gasteiger partial charge in [0, 0.05) is 62.9 Å². The maximum Gasteiger partial charge on any atom is 0.194 e. The van der Waals surface area contributed by atoms with Gasteiger partial charge < -0.3 is 19.9 Å². The third-order valence-electron chi connectivity index (χ3n) is 6.37. The van der Waals surface area contributed by atoms with E-state index in [2.05, 4.69) is 34.0 Å². The Labute approximate surface area is 155 Å². The Morgan fingerprint density at radius 1 is 1.19 bits per heavy atom. The standard InChI is InChI=1S/C20H29FN4O/c1-20(2)17(16-8-13-26-18(16)20)23-19(22-3)25-11-9-24(10-12-25)15-6-4-14(21)5-7-15/h4-7,16-18H,8-13H2,1-3H3,(H,22,23). The number of ether oxygens (including phenoxy) is 1. The van der Waals surface area contributed by atoms with Crippen LogP contribution < -0.4 is 10.2 Å². The molecule has 1 aromatic carbocycles. The Hall–Kier alpha value is -1.82. The van der Waals surface area contributed by atoms with Crippen LogP contribution in [0.1, 0.15) is 20.3 Å². The smallest absolute Gasteiger partial charge is 0.194 e. The van der Waals surface area contributed by atoms with Crippen molar-refractivity contribution >= 4 is 11.6 Å². The van der Waals surface area contributed by atoms with Crippen molar-refractivity contribution in [1.82, 2.24) is 10.2 Å². The van der Waals surface area contributed by atoms with E-state index in [1.807, 2.05) is 19.2 Å². The predicted octanol–water partition coefficient (Wildman–Crippen LogP) is 2.34. The van der Waals surface area contributed by atoms with E-state index in [1.165, 1.54) is 12.1 Å². The first kappa shape index (κ1) is 17.6. The fourth-order valence-corrected chi connectivity index (χ4v) is 4.88. The molecule has 0 amide bonds. The second-order valence-electron chi connectivity index (χ2n) is 8.19. The van der Waals surface area contributed by atoms with Crippen molar-refractivity contribution < 1.29 is 9.13 Å². The maximum absolute atomic E-state index is 13.1. The molecular formula is C20H29FN4O. The number of nitrogens with one attached hydrogen (secondary N) is 1. The molecule has 142 valence electrons. The van der Waals surface area contributed by atoms with E-state index in [0.29, 0.717) is 18.1 Å². The lowest BCUT2D eigenvalue weighted by molar-refractivity contribution is -0.107. The molecule has 5 nitrogen and oxygen atoms in total. The van der Waals surface area contributed by atoms with Crippen LogP contribution in [0.2, 0.25) is 0 Å². The highest BCUT2D eigenvalue weighted by molar-refractivity contribution is 5.81. The van der Waals surface area contributed by atoms with Gasteiger partial charge in [0.1, 0.15) is 5.82 Å². The number of hydrogen-bond acceptors (Lipinski definition) is 3. The van der Waals surface area contributed by atoms with E-state index in [-0.39, 0.29) is 11.2 Å². The third-order valence-corrected chi connectivity index (χ3v) is 6.37. The van der Waals surface area contributed by atoms with Crippen molar-refractivity contribution in [3.05, 3.63) is 30.1 Å². The van der Waals surface area contributed by atoms with Gasteiger partial charge in [0.2, 0.25) is 0 Å². The fourth-order valence-electron chi connectivity index (χ4n) is 4.88. The number of aliphatic imine (C=N–C) groups is 1. The molecule has 1 N–H and O–H groups in total. The summed E-state index contributed by atoms with van der Waals surface area (Å²) >= 11 is 0. The van der Waals surface area contributed by atoms with Crippen LogP contribution in [0.4, 0.5) is 10.1 Å². The maximum atomic E-state index is 13.1. The molecule has 0 radical (unpaired) electrons. The van der Waals surface area contributed by atoms with Gasteiger partial charge in [0.25, 0.3) is 0 Å². The highest BCUT2D eigenvalue weighted by Crippen LogP contribution is 2.52. The molecule has 3 fully saturated rings. The van der Waals surface area contributed by atoms with Crippen LogP contribution in [0.25, 0.3) is 0 Å². The van der Waals surface area contributed by atoms with Gasteiger partial charge in [-0.1, -0.05) is 13.8 Å². The topological polar surface area (TPSA) is 40.1 Å². The number of benzene rings is 1. The van der Waals surface area contributed by atoms with Gasteiger partial charge in [-0.2, -0.15) is 0 Å². The zero-order valence-electron chi connectivity index (χ0n) is 15.9. The molecule has 2 saturated heterocycles. The largest absolute Gasteiger partial charge is 0.377 e. The van der Waals surface area contributed by atoms with Crippen molar-refractivity contribution in [3.63, 3.8) is 0 Å². The summed E-state index contributed by atoms with van der Waals surface area (Å²) in [6, 6.07) is 7.19. The van der Waals surface area contributed by atoms with Gasteiger partial charge in [-0.3, -0.25) is 4.99 Å². The van der Waals surface area contributed by atoms with Crippen LogP contribution in [0, 0.1) is 17.2 Å². The van der Waals surface area contributed by atoms with Gasteiger partial charge in [-0.25, -0.2) is 4.39 Å². The SMILES string of the molecule is CN=C(NC1C2CCOC2C1(C)C)N1CCN(c2ccc(F)cc2)CC1. The minimum absolute atomic E-state index is 0.146. The van der Waals surface area contributed by atoms with Gasteiger partial charge in [-0.05, 0) is 30.7 Å². The highest BCUT2D eigenvalue weighted by atomic mass is 19.1. The summed E-state index contributed by atoms with van der Waals surface area (Å²) in [5, 5.41) is 3.72. The average molecular weight is 360 g/mol. The minimum atomic E-state index is -0.186. The van der Waals surface area contributed by atoms with Crippen LogP contribution in [-0.2, 0) is 4.74 Å². The lowest BCUT2D eigenvalue weighted by Gasteiger charge is -2.55. The summed E-state index contributed by atoms with van der Waals surface area (Å²) in [6.45, 7) is 9.11. The lowest BCUT2D eigenvalue weighted by Crippen LogP contribution is -2.68. The highest BCUT2D eigenvalue weighted by Gasteiger charge is 2.59. The third kappa shape index (κ3) is 2.94. The summed E-state index contributed by atoms with van der Waals surface area (Å²) < 4.78 is 19.0. The van der Waals surface area contributed by atoms with Crippen LogP contribution in [0.3, 0.4) is 0 Å². The Morgan fingerprint density at radius 2 is 1.88 bits per heavy atom. The van der Waals surface area contributed by atoms with Crippen molar-refractivity contribution in [2.75, 3.05) is 44.7 Å². The fraction of sp³-hybridized carbons (Fsp3) is 0.650. The average Bonchev–Trinajstić information content (AvgIpc) is 3.10. The molecule has 3 atom stereocenters. The second kappa shape index (κ2) is 6.72. The molecule has 1 saturated carbocycles. The van der Waals surface area contributed by atoms with Crippen molar-refractivity contribution in [1.29, 1.82) is 0 Å². The van der Waals surface area contributed by atoms with E-state index >= 15 is 0 Å². The number of fused-ring (bicyclic) bond motifs is 1. The molecule has 1 aliphatic carbocycles. The molecule has 0 bridgehead atoms. The summed E-state index contributed by atoms with van der Waals surface area (Å²) in [5.41, 5.74) is 1.23. The van der Waals surface area contributed by atoms with E-state index in [4.69, 9.17) is 4.74 Å². The molecule has 1 aromatic rings. The zero-order chi connectivity index (χ0) is 18.3. The van der Waals surface area contributed by atoms with Crippen molar-refractivity contribution in [2.45, 2.75) is 32.4 Å². The van der Waals surface area contributed by atoms with Crippen molar-refractivity contribution in [2.24, 2.45) is 16.3 Å². The Morgan fingerprint density at radius 3 is 2.54 bits per heavy atom. The van der Waals surface area contributed by atoms with Crippen molar-refractivity contribution in [3.8, 4) is 0 Å². The first-order chi connectivity index (χ1) is 12.5. The molecule has 6 heteroatoms. The van der Waals surface area contributed by atoms with Gasteiger partial charge in [0.05, 0.1) is 6.10 Å². The number of piperazine rings is 1. The first-order valence-corrected chi connectivity index (χ1v) is 9.61. The molecule has 2 aliphatic heterocycles. The number of hydrogen-bond donors (Lipinski definition) is 1. The van der Waals surface area contributed by atoms with Gasteiger partial charge in [0.15, 0.2) is 5.96 Å². The molecule has 4 rings (SSSR count). The Kier molecular flexibility index (Phi) is 4.55. The normalized spacial score (nSPS) is 30.8. The molecule has 3 unspecified atom stereocenters. The quantitative estimate of drug-likeness (QED) is 0.649. The number of anilines is 1. The molecule has 2 heterocycles. The number of rotatable bonds is 2. The number of guanidine groups is 1. The second-order valence-corrected chi connectivity index (χ2v) is 8.19. The molecule has 3 aliphatic rings. The van der Waals surface area contributed by atoms with Crippen LogP contribution in [0.15, 0.2) is 29.3 Å². The lowest BCUT2D eigenvalue weighted by atomic mass is 9.57. The predicted molar refractivity (Wildman–Crippen MR) is 102 cm³/mol. The van der Waals surface area contributed by atoms with E-state index in [1.54, 1.807) is 0 Å². The minimum Gasteiger partial charge on any atom is -0.377 e. The zero-order valence-corrected chi connectivity index (χ0v) is 15.9. The molecule has 26 heavy (non-hydrogen) atoms. The van der Waals surface area contributed by atoms with Crippen LogP contribution in [-0.4, -0.2) is 62.8 Å². The Balaban J connectivity index is 1.36. The Bertz CT molecular complexity index is 667. The number of nitrogens with zero attached hydrogens (tertiary/aromatic N) is 3. The van der Waals surface area contributed by atoms with Gasteiger partial charge >= 0.3 is 0 Å². The number of halogens is 1.